The van der Waals surface area contributed by atoms with E-state index >= 15 is 0 Å². The average molecular weight is 269 g/mol. The molecular weight excluding hydrogens is 254 g/mol. The molecule has 1 aromatic carbocycles. The normalized spacial score (nSPS) is 12.5. The molecule has 0 aliphatic carbocycles. The highest BCUT2D eigenvalue weighted by Gasteiger charge is 2.09. The molecule has 0 spiro atoms. The standard InChI is InChI=1S/C15H15N3S/c1-10-9-16-15(19-10)11(2)17-14-8-7-12-5-3-4-6-13(12)18-14/h3-9,11H,1-2H3,(H,17,18). The van der Waals surface area contributed by atoms with Gasteiger partial charge in [0.05, 0.1) is 11.6 Å². The van der Waals surface area contributed by atoms with Gasteiger partial charge in [0.2, 0.25) is 0 Å². The van der Waals surface area contributed by atoms with Gasteiger partial charge in [-0.05, 0) is 32.0 Å². The van der Waals surface area contributed by atoms with Gasteiger partial charge in [0.1, 0.15) is 10.8 Å². The molecule has 19 heavy (non-hydrogen) atoms. The SMILES string of the molecule is Cc1cnc(C(C)Nc2ccc3ccccc3n2)s1. The predicted octanol–water partition coefficient (Wildman–Crippen LogP) is 4.17. The minimum Gasteiger partial charge on any atom is -0.361 e. The van der Waals surface area contributed by atoms with Crippen molar-refractivity contribution in [3.05, 3.63) is 52.5 Å². The maximum atomic E-state index is 4.61. The van der Waals surface area contributed by atoms with Crippen LogP contribution in [0.4, 0.5) is 5.82 Å². The van der Waals surface area contributed by atoms with Gasteiger partial charge in [0.25, 0.3) is 0 Å². The fraction of sp³-hybridized carbons (Fsp3) is 0.200. The maximum Gasteiger partial charge on any atom is 0.127 e. The van der Waals surface area contributed by atoms with Crippen molar-refractivity contribution in [2.24, 2.45) is 0 Å². The maximum absolute atomic E-state index is 4.61. The number of anilines is 1. The summed E-state index contributed by atoms with van der Waals surface area (Å²) >= 11 is 1.72. The molecule has 0 saturated heterocycles. The lowest BCUT2D eigenvalue weighted by atomic mass is 10.2. The number of nitrogens with one attached hydrogen (secondary N) is 1. The van der Waals surface area contributed by atoms with E-state index in [2.05, 4.69) is 41.3 Å². The van der Waals surface area contributed by atoms with Crippen LogP contribution in [0.1, 0.15) is 22.9 Å². The Morgan fingerprint density at radius 3 is 2.79 bits per heavy atom. The average Bonchev–Trinajstić information content (AvgIpc) is 2.85. The summed E-state index contributed by atoms with van der Waals surface area (Å²) < 4.78 is 0. The fourth-order valence-electron chi connectivity index (χ4n) is 2.00. The van der Waals surface area contributed by atoms with Crippen LogP contribution in [0.5, 0.6) is 0 Å². The zero-order chi connectivity index (χ0) is 13.2. The van der Waals surface area contributed by atoms with E-state index in [0.29, 0.717) is 0 Å². The van der Waals surface area contributed by atoms with Crippen LogP contribution in [0.3, 0.4) is 0 Å². The van der Waals surface area contributed by atoms with Gasteiger partial charge >= 0.3 is 0 Å². The van der Waals surface area contributed by atoms with Crippen LogP contribution in [-0.2, 0) is 0 Å². The first kappa shape index (κ1) is 12.1. The third kappa shape index (κ3) is 2.58. The second kappa shape index (κ2) is 4.97. The molecule has 0 radical (unpaired) electrons. The molecule has 0 aliphatic rings. The molecule has 2 heterocycles. The van der Waals surface area contributed by atoms with E-state index in [4.69, 9.17) is 0 Å². The lowest BCUT2D eigenvalue weighted by Crippen LogP contribution is -2.07. The summed E-state index contributed by atoms with van der Waals surface area (Å²) in [6, 6.07) is 12.4. The highest BCUT2D eigenvalue weighted by Crippen LogP contribution is 2.23. The topological polar surface area (TPSA) is 37.8 Å². The molecule has 3 rings (SSSR count). The van der Waals surface area contributed by atoms with Crippen molar-refractivity contribution in [2.75, 3.05) is 5.32 Å². The quantitative estimate of drug-likeness (QED) is 0.775. The summed E-state index contributed by atoms with van der Waals surface area (Å²) in [7, 11) is 0. The van der Waals surface area contributed by atoms with E-state index in [-0.39, 0.29) is 6.04 Å². The van der Waals surface area contributed by atoms with Crippen molar-refractivity contribution in [2.45, 2.75) is 19.9 Å². The molecule has 0 bridgehead atoms. The van der Waals surface area contributed by atoms with Crippen molar-refractivity contribution in [3.63, 3.8) is 0 Å². The highest BCUT2D eigenvalue weighted by atomic mass is 32.1. The van der Waals surface area contributed by atoms with Gasteiger partial charge in [0, 0.05) is 16.5 Å². The molecule has 1 N–H and O–H groups in total. The van der Waals surface area contributed by atoms with Gasteiger partial charge in [-0.2, -0.15) is 0 Å². The Balaban J connectivity index is 1.84. The molecule has 0 fully saturated rings. The summed E-state index contributed by atoms with van der Waals surface area (Å²) in [6.45, 7) is 4.18. The summed E-state index contributed by atoms with van der Waals surface area (Å²) in [5.74, 6) is 0.888. The third-order valence-corrected chi connectivity index (χ3v) is 4.07. The van der Waals surface area contributed by atoms with Gasteiger partial charge in [-0.3, -0.25) is 0 Å². The molecule has 3 nitrogen and oxygen atoms in total. The molecule has 0 amide bonds. The second-order valence-electron chi connectivity index (χ2n) is 4.56. The minimum absolute atomic E-state index is 0.173. The number of para-hydroxylation sites is 1. The molecule has 2 aromatic heterocycles. The molecule has 96 valence electrons. The number of thiazole rings is 1. The van der Waals surface area contributed by atoms with Crippen molar-refractivity contribution in [1.82, 2.24) is 9.97 Å². The number of fused-ring (bicyclic) bond motifs is 1. The van der Waals surface area contributed by atoms with Crippen LogP contribution in [0.2, 0.25) is 0 Å². The Hall–Kier alpha value is -1.94. The van der Waals surface area contributed by atoms with Crippen LogP contribution < -0.4 is 5.32 Å². The fourth-order valence-corrected chi connectivity index (χ4v) is 2.78. The number of aryl methyl sites for hydroxylation is 1. The molecule has 4 heteroatoms. The lowest BCUT2D eigenvalue weighted by Gasteiger charge is -2.12. The predicted molar refractivity (Wildman–Crippen MR) is 80.6 cm³/mol. The Morgan fingerprint density at radius 2 is 2.00 bits per heavy atom. The highest BCUT2D eigenvalue weighted by molar-refractivity contribution is 7.11. The summed E-state index contributed by atoms with van der Waals surface area (Å²) in [6.07, 6.45) is 1.91. The molecule has 1 unspecified atom stereocenters. The Bertz CT molecular complexity index is 705. The van der Waals surface area contributed by atoms with Crippen LogP contribution >= 0.6 is 11.3 Å². The Kier molecular flexibility index (Phi) is 3.17. The number of hydrogen-bond donors (Lipinski definition) is 1. The molecule has 1 atom stereocenters. The largest absolute Gasteiger partial charge is 0.361 e. The van der Waals surface area contributed by atoms with E-state index in [1.807, 2.05) is 30.5 Å². The molecule has 3 aromatic rings. The van der Waals surface area contributed by atoms with Gasteiger partial charge in [-0.1, -0.05) is 18.2 Å². The van der Waals surface area contributed by atoms with Crippen LogP contribution in [0, 0.1) is 6.92 Å². The van der Waals surface area contributed by atoms with Crippen molar-refractivity contribution in [1.29, 1.82) is 0 Å². The first-order valence-electron chi connectivity index (χ1n) is 6.27. The molecule has 0 aliphatic heterocycles. The molecule has 0 saturated carbocycles. The van der Waals surface area contributed by atoms with Gasteiger partial charge in [-0.15, -0.1) is 11.3 Å². The smallest absolute Gasteiger partial charge is 0.127 e. The number of benzene rings is 1. The summed E-state index contributed by atoms with van der Waals surface area (Å²) in [5.41, 5.74) is 1.01. The van der Waals surface area contributed by atoms with Crippen molar-refractivity contribution >= 4 is 28.1 Å². The number of aromatic nitrogens is 2. The zero-order valence-corrected chi connectivity index (χ0v) is 11.7. The van der Waals surface area contributed by atoms with E-state index in [1.165, 1.54) is 4.88 Å². The summed E-state index contributed by atoms with van der Waals surface area (Å²) in [4.78, 5) is 10.2. The van der Waals surface area contributed by atoms with E-state index in [9.17, 15) is 0 Å². The van der Waals surface area contributed by atoms with Crippen molar-refractivity contribution < 1.29 is 0 Å². The van der Waals surface area contributed by atoms with Crippen LogP contribution in [-0.4, -0.2) is 9.97 Å². The van der Waals surface area contributed by atoms with Crippen LogP contribution in [0.25, 0.3) is 10.9 Å². The monoisotopic (exact) mass is 269 g/mol. The minimum atomic E-state index is 0.173. The molecular formula is C15H15N3S. The van der Waals surface area contributed by atoms with E-state index in [1.54, 1.807) is 11.3 Å². The van der Waals surface area contributed by atoms with E-state index in [0.717, 1.165) is 21.7 Å². The second-order valence-corrected chi connectivity index (χ2v) is 5.83. The summed E-state index contributed by atoms with van der Waals surface area (Å²) in [5, 5.41) is 5.65. The van der Waals surface area contributed by atoms with Gasteiger partial charge in [0.15, 0.2) is 0 Å². The first-order valence-corrected chi connectivity index (χ1v) is 7.09. The lowest BCUT2D eigenvalue weighted by molar-refractivity contribution is 0.862. The first-order chi connectivity index (χ1) is 9.22. The van der Waals surface area contributed by atoms with Gasteiger partial charge in [-0.25, -0.2) is 9.97 Å². The number of nitrogens with zero attached hydrogens (tertiary/aromatic N) is 2. The Labute approximate surface area is 116 Å². The van der Waals surface area contributed by atoms with Crippen LogP contribution in [0.15, 0.2) is 42.6 Å². The third-order valence-electron chi connectivity index (χ3n) is 2.97. The van der Waals surface area contributed by atoms with Gasteiger partial charge < -0.3 is 5.32 Å². The number of rotatable bonds is 3. The number of hydrogen-bond acceptors (Lipinski definition) is 4. The zero-order valence-electron chi connectivity index (χ0n) is 10.9. The number of pyridine rings is 1. The Morgan fingerprint density at radius 1 is 1.16 bits per heavy atom. The van der Waals surface area contributed by atoms with Crippen molar-refractivity contribution in [3.8, 4) is 0 Å². The van der Waals surface area contributed by atoms with E-state index < -0.39 is 0 Å².